The number of nitrogens with one attached hydrogen (secondary N) is 1. The summed E-state index contributed by atoms with van der Waals surface area (Å²) in [5.74, 6) is 2.26. The fourth-order valence-corrected chi connectivity index (χ4v) is 3.67. The molecule has 1 saturated carbocycles. The minimum absolute atomic E-state index is 0.226. The zero-order valence-electron chi connectivity index (χ0n) is 13.4. The number of fused-ring (bicyclic) bond motifs is 1. The van der Waals surface area contributed by atoms with E-state index in [-0.39, 0.29) is 12.1 Å². The minimum Gasteiger partial charge on any atom is -0.497 e. The quantitative estimate of drug-likeness (QED) is 0.878. The maximum Gasteiger partial charge on any atom is 0.124 e. The molecular weight excluding hydrogens is 278 g/mol. The Morgan fingerprint density at radius 2 is 2.09 bits per heavy atom. The van der Waals surface area contributed by atoms with Crippen molar-refractivity contribution in [2.45, 2.75) is 50.7 Å². The highest BCUT2D eigenvalue weighted by Crippen LogP contribution is 2.34. The second-order valence-corrected chi connectivity index (χ2v) is 6.47. The molecule has 2 unspecified atom stereocenters. The van der Waals surface area contributed by atoms with Crippen LogP contribution in [0.2, 0.25) is 0 Å². The van der Waals surface area contributed by atoms with E-state index in [9.17, 15) is 5.11 Å². The van der Waals surface area contributed by atoms with E-state index in [0.717, 1.165) is 36.5 Å². The summed E-state index contributed by atoms with van der Waals surface area (Å²) in [6.45, 7) is 1.41. The van der Waals surface area contributed by atoms with Crippen LogP contribution in [0.3, 0.4) is 0 Å². The van der Waals surface area contributed by atoms with Crippen molar-refractivity contribution in [3.8, 4) is 11.5 Å². The summed E-state index contributed by atoms with van der Waals surface area (Å²) in [6.07, 6.45) is 6.67. The Balaban J connectivity index is 1.67. The Kier molecular flexibility index (Phi) is 5.21. The Hall–Kier alpha value is -1.26. The van der Waals surface area contributed by atoms with Gasteiger partial charge in [0.15, 0.2) is 0 Å². The second kappa shape index (κ2) is 7.34. The molecule has 0 radical (unpaired) electrons. The van der Waals surface area contributed by atoms with Crippen LogP contribution < -0.4 is 14.8 Å². The van der Waals surface area contributed by atoms with Gasteiger partial charge in [0.2, 0.25) is 0 Å². The van der Waals surface area contributed by atoms with E-state index in [0.29, 0.717) is 12.5 Å². The molecule has 0 bridgehead atoms. The first-order valence-electron chi connectivity index (χ1n) is 8.50. The van der Waals surface area contributed by atoms with Crippen LogP contribution in [0.15, 0.2) is 18.2 Å². The third-order valence-corrected chi connectivity index (χ3v) is 5.00. The van der Waals surface area contributed by atoms with Crippen molar-refractivity contribution in [2.75, 3.05) is 20.3 Å². The Morgan fingerprint density at radius 1 is 1.27 bits per heavy atom. The van der Waals surface area contributed by atoms with Gasteiger partial charge in [-0.3, -0.25) is 0 Å². The first kappa shape index (κ1) is 15.6. The van der Waals surface area contributed by atoms with Crippen molar-refractivity contribution < 1.29 is 14.6 Å². The number of ether oxygens (including phenoxy) is 2. The molecule has 1 heterocycles. The molecule has 22 heavy (non-hydrogen) atoms. The molecule has 0 aromatic heterocycles. The van der Waals surface area contributed by atoms with Crippen LogP contribution >= 0.6 is 0 Å². The summed E-state index contributed by atoms with van der Waals surface area (Å²) in [5.41, 5.74) is 1.15. The number of hydrogen-bond acceptors (Lipinski definition) is 4. The van der Waals surface area contributed by atoms with E-state index in [2.05, 4.69) is 11.4 Å². The van der Waals surface area contributed by atoms with Crippen molar-refractivity contribution in [3.63, 3.8) is 0 Å². The highest BCUT2D eigenvalue weighted by atomic mass is 16.5. The Morgan fingerprint density at radius 3 is 2.86 bits per heavy atom. The maximum atomic E-state index is 10.4. The molecule has 2 N–H and O–H groups in total. The molecule has 2 atom stereocenters. The molecule has 2 aliphatic rings. The van der Waals surface area contributed by atoms with Crippen molar-refractivity contribution in [3.05, 3.63) is 23.8 Å². The third-order valence-electron chi connectivity index (χ3n) is 5.00. The van der Waals surface area contributed by atoms with E-state index in [1.54, 1.807) is 7.11 Å². The van der Waals surface area contributed by atoms with E-state index < -0.39 is 0 Å². The topological polar surface area (TPSA) is 50.7 Å². The van der Waals surface area contributed by atoms with E-state index in [1.807, 2.05) is 12.1 Å². The predicted molar refractivity (Wildman–Crippen MR) is 86.4 cm³/mol. The fourth-order valence-electron chi connectivity index (χ4n) is 3.67. The van der Waals surface area contributed by atoms with Crippen LogP contribution in [0.1, 0.15) is 50.1 Å². The average molecular weight is 305 g/mol. The molecule has 3 rings (SSSR count). The molecule has 1 aromatic carbocycles. The summed E-state index contributed by atoms with van der Waals surface area (Å²) in [5, 5.41) is 13.9. The maximum absolute atomic E-state index is 10.4. The van der Waals surface area contributed by atoms with Gasteiger partial charge < -0.3 is 19.9 Å². The zero-order chi connectivity index (χ0) is 15.4. The van der Waals surface area contributed by atoms with Crippen LogP contribution in [0.4, 0.5) is 0 Å². The fraction of sp³-hybridized carbons (Fsp3) is 0.667. The Bertz CT molecular complexity index is 485. The molecule has 4 nitrogen and oxygen atoms in total. The van der Waals surface area contributed by atoms with Gasteiger partial charge in [-0.25, -0.2) is 0 Å². The van der Waals surface area contributed by atoms with Gasteiger partial charge in [-0.2, -0.15) is 0 Å². The predicted octanol–water partition coefficient (Wildman–Crippen LogP) is 3.05. The first-order chi connectivity index (χ1) is 10.8. The summed E-state index contributed by atoms with van der Waals surface area (Å²) in [4.78, 5) is 0. The lowest BCUT2D eigenvalue weighted by molar-refractivity contribution is 0.105. The molecule has 1 aromatic rings. The van der Waals surface area contributed by atoms with Gasteiger partial charge in [-0.15, -0.1) is 0 Å². The molecular formula is C18H27NO3. The second-order valence-electron chi connectivity index (χ2n) is 6.47. The van der Waals surface area contributed by atoms with Crippen LogP contribution in [-0.4, -0.2) is 31.5 Å². The lowest BCUT2D eigenvalue weighted by Crippen LogP contribution is -2.34. The molecule has 0 spiro atoms. The number of benzene rings is 1. The molecule has 1 aliphatic heterocycles. The van der Waals surface area contributed by atoms with Gasteiger partial charge >= 0.3 is 0 Å². The molecule has 1 aliphatic carbocycles. The molecule has 0 saturated heterocycles. The smallest absolute Gasteiger partial charge is 0.124 e. The number of aliphatic hydroxyl groups excluding tert-OH is 1. The Labute approximate surface area is 132 Å². The van der Waals surface area contributed by atoms with Crippen molar-refractivity contribution in [1.82, 2.24) is 5.32 Å². The van der Waals surface area contributed by atoms with E-state index in [4.69, 9.17) is 9.47 Å². The molecule has 4 heteroatoms. The van der Waals surface area contributed by atoms with Crippen LogP contribution in [0.5, 0.6) is 11.5 Å². The van der Waals surface area contributed by atoms with Gasteiger partial charge in [-0.1, -0.05) is 12.8 Å². The summed E-state index contributed by atoms with van der Waals surface area (Å²) in [6, 6.07) is 6.21. The standard InChI is InChI=1S/C18H27NO3/c1-21-14-8-9-18-15(11-14)16(7-4-10-22-18)19-12-17(20)13-5-2-3-6-13/h8-9,11,13,16-17,19-20H,2-7,10,12H2,1H3. The van der Waals surface area contributed by atoms with Crippen molar-refractivity contribution >= 4 is 0 Å². The largest absolute Gasteiger partial charge is 0.497 e. The minimum atomic E-state index is -0.235. The molecule has 122 valence electrons. The normalized spacial score (nSPS) is 23.5. The number of hydrogen-bond donors (Lipinski definition) is 2. The first-order valence-corrected chi connectivity index (χ1v) is 8.50. The highest BCUT2D eigenvalue weighted by molar-refractivity contribution is 5.42. The van der Waals surface area contributed by atoms with Crippen LogP contribution in [-0.2, 0) is 0 Å². The lowest BCUT2D eigenvalue weighted by atomic mass is 9.98. The van der Waals surface area contributed by atoms with Crippen molar-refractivity contribution in [1.29, 1.82) is 0 Å². The lowest BCUT2D eigenvalue weighted by Gasteiger charge is -2.23. The molecule has 1 fully saturated rings. The van der Waals surface area contributed by atoms with Gasteiger partial charge in [0, 0.05) is 18.2 Å². The number of methoxy groups -OCH3 is 1. The van der Waals surface area contributed by atoms with Crippen molar-refractivity contribution in [2.24, 2.45) is 5.92 Å². The highest BCUT2D eigenvalue weighted by Gasteiger charge is 2.25. The van der Waals surface area contributed by atoms with Gasteiger partial charge in [0.1, 0.15) is 11.5 Å². The number of aliphatic hydroxyl groups is 1. The van der Waals surface area contributed by atoms with Gasteiger partial charge in [-0.05, 0) is 49.8 Å². The molecule has 0 amide bonds. The third kappa shape index (κ3) is 3.55. The number of rotatable bonds is 5. The van der Waals surface area contributed by atoms with E-state index >= 15 is 0 Å². The van der Waals surface area contributed by atoms with Gasteiger partial charge in [0.05, 0.1) is 19.8 Å². The van der Waals surface area contributed by atoms with Crippen LogP contribution in [0, 0.1) is 5.92 Å². The van der Waals surface area contributed by atoms with Gasteiger partial charge in [0.25, 0.3) is 0 Å². The van der Waals surface area contributed by atoms with Crippen LogP contribution in [0.25, 0.3) is 0 Å². The summed E-state index contributed by atoms with van der Waals surface area (Å²) < 4.78 is 11.2. The summed E-state index contributed by atoms with van der Waals surface area (Å²) in [7, 11) is 1.69. The summed E-state index contributed by atoms with van der Waals surface area (Å²) >= 11 is 0. The average Bonchev–Trinajstić information content (AvgIpc) is 3.01. The monoisotopic (exact) mass is 305 g/mol. The zero-order valence-corrected chi connectivity index (χ0v) is 13.4. The SMILES string of the molecule is COc1ccc2c(c1)C(NCC(O)C1CCCC1)CCCO2. The van der Waals surface area contributed by atoms with E-state index in [1.165, 1.54) is 25.7 Å².